The van der Waals surface area contributed by atoms with Crippen molar-refractivity contribution < 1.29 is 14.4 Å². The Balaban J connectivity index is 1.67. The molecule has 3 rings (SSSR count). The predicted octanol–water partition coefficient (Wildman–Crippen LogP) is 3.55. The van der Waals surface area contributed by atoms with Gasteiger partial charge in [0.15, 0.2) is 0 Å². The van der Waals surface area contributed by atoms with Crippen molar-refractivity contribution in [3.05, 3.63) is 50.1 Å². The summed E-state index contributed by atoms with van der Waals surface area (Å²) in [6.45, 7) is 0. The second-order valence-electron chi connectivity index (χ2n) is 5.20. The van der Waals surface area contributed by atoms with Gasteiger partial charge < -0.3 is 15.5 Å². The first-order valence-corrected chi connectivity index (χ1v) is 8.86. The number of nitrogens with zero attached hydrogens (tertiary/aromatic N) is 1. The molecule has 1 unspecified atom stereocenters. The molecule has 0 bridgehead atoms. The number of carbonyl (C=O) groups excluding carboxylic acids is 2. The molecule has 2 amide bonds. The minimum Gasteiger partial charge on any atom is -0.382 e. The minimum atomic E-state index is -0.741. The van der Waals surface area contributed by atoms with Crippen LogP contribution in [-0.2, 0) is 9.63 Å². The number of oxime groups is 1. The van der Waals surface area contributed by atoms with Crippen molar-refractivity contribution >= 4 is 57.8 Å². The zero-order valence-electron chi connectivity index (χ0n) is 13.0. The van der Waals surface area contributed by atoms with Crippen LogP contribution in [0.4, 0.5) is 5.69 Å². The molecule has 1 atom stereocenters. The number of nitrogens with one attached hydrogen (secondary N) is 2. The van der Waals surface area contributed by atoms with E-state index in [0.717, 1.165) is 4.88 Å². The number of anilines is 1. The van der Waals surface area contributed by atoms with E-state index in [-0.39, 0.29) is 17.4 Å². The Labute approximate surface area is 157 Å². The van der Waals surface area contributed by atoms with E-state index in [9.17, 15) is 9.59 Å². The molecule has 2 N–H and O–H groups in total. The summed E-state index contributed by atoms with van der Waals surface area (Å²) in [6, 6.07) is 8.28. The molecule has 0 aliphatic carbocycles. The molecule has 130 valence electrons. The minimum absolute atomic E-state index is 0.277. The topological polar surface area (TPSA) is 79.8 Å². The van der Waals surface area contributed by atoms with E-state index in [1.165, 1.54) is 24.5 Å². The van der Waals surface area contributed by atoms with Gasteiger partial charge in [-0.15, -0.1) is 11.3 Å². The fourth-order valence-electron chi connectivity index (χ4n) is 2.27. The Morgan fingerprint density at radius 1 is 1.28 bits per heavy atom. The first-order chi connectivity index (χ1) is 12.0. The summed E-state index contributed by atoms with van der Waals surface area (Å²) in [5, 5.41) is 9.46. The fourth-order valence-corrected chi connectivity index (χ4v) is 3.50. The summed E-state index contributed by atoms with van der Waals surface area (Å²) in [5.41, 5.74) is 1.41. The standard InChI is InChI=1S/C16H13Cl2N3O3S/c1-19-15(22)9-6-8(2-3-10(9)17)20-16(23)12-7-11(21-24-12)13-4-5-14(18)25-13/h2-6,12H,7H2,1H3,(H,19,22)(H,20,23). The first-order valence-electron chi connectivity index (χ1n) is 7.29. The van der Waals surface area contributed by atoms with Crippen molar-refractivity contribution in [1.82, 2.24) is 5.32 Å². The molecule has 6 nitrogen and oxygen atoms in total. The molecule has 9 heteroatoms. The summed E-state index contributed by atoms with van der Waals surface area (Å²) in [4.78, 5) is 30.2. The molecule has 0 radical (unpaired) electrons. The lowest BCUT2D eigenvalue weighted by Gasteiger charge is -2.11. The highest BCUT2D eigenvalue weighted by Crippen LogP contribution is 2.27. The summed E-state index contributed by atoms with van der Waals surface area (Å²) in [6.07, 6.45) is -0.395. The maximum absolute atomic E-state index is 12.4. The van der Waals surface area contributed by atoms with E-state index in [1.807, 2.05) is 6.07 Å². The lowest BCUT2D eigenvalue weighted by Crippen LogP contribution is -2.28. The Morgan fingerprint density at radius 3 is 2.76 bits per heavy atom. The summed E-state index contributed by atoms with van der Waals surface area (Å²) < 4.78 is 0.647. The Bertz CT molecular complexity index is 866. The van der Waals surface area contributed by atoms with Gasteiger partial charge in [-0.25, -0.2) is 0 Å². The molecule has 1 aromatic carbocycles. The van der Waals surface area contributed by atoms with Crippen LogP contribution in [0.5, 0.6) is 0 Å². The van der Waals surface area contributed by atoms with Gasteiger partial charge in [-0.3, -0.25) is 9.59 Å². The van der Waals surface area contributed by atoms with E-state index in [0.29, 0.717) is 27.2 Å². The number of hydrogen-bond donors (Lipinski definition) is 2. The molecular formula is C16H13Cl2N3O3S. The SMILES string of the molecule is CNC(=O)c1cc(NC(=O)C2CC(c3ccc(Cl)s3)=NO2)ccc1Cl. The van der Waals surface area contributed by atoms with Crippen molar-refractivity contribution in [2.45, 2.75) is 12.5 Å². The highest BCUT2D eigenvalue weighted by atomic mass is 35.5. The lowest BCUT2D eigenvalue weighted by atomic mass is 10.1. The van der Waals surface area contributed by atoms with E-state index >= 15 is 0 Å². The van der Waals surface area contributed by atoms with Crippen LogP contribution in [0.15, 0.2) is 35.5 Å². The van der Waals surface area contributed by atoms with Gasteiger partial charge in [-0.05, 0) is 30.3 Å². The average molecular weight is 398 g/mol. The Kier molecular flexibility index (Phi) is 5.27. The number of carbonyl (C=O) groups is 2. The van der Waals surface area contributed by atoms with E-state index in [4.69, 9.17) is 28.0 Å². The zero-order chi connectivity index (χ0) is 18.0. The number of halogens is 2. The summed E-state index contributed by atoms with van der Waals surface area (Å²) in [5.74, 6) is -0.690. The van der Waals surface area contributed by atoms with Crippen LogP contribution in [0, 0.1) is 0 Å². The average Bonchev–Trinajstić information content (AvgIpc) is 3.24. The third kappa shape index (κ3) is 3.95. The van der Waals surface area contributed by atoms with Crippen molar-refractivity contribution in [3.8, 4) is 0 Å². The monoisotopic (exact) mass is 397 g/mol. The van der Waals surface area contributed by atoms with Crippen molar-refractivity contribution in [3.63, 3.8) is 0 Å². The molecule has 0 saturated carbocycles. The predicted molar refractivity (Wildman–Crippen MR) is 98.8 cm³/mol. The largest absolute Gasteiger partial charge is 0.382 e. The van der Waals surface area contributed by atoms with Gasteiger partial charge in [0.05, 0.1) is 19.8 Å². The van der Waals surface area contributed by atoms with E-state index in [2.05, 4.69) is 15.8 Å². The van der Waals surface area contributed by atoms with Gasteiger partial charge >= 0.3 is 0 Å². The smallest absolute Gasteiger partial charge is 0.268 e. The molecule has 2 heterocycles. The van der Waals surface area contributed by atoms with Crippen LogP contribution in [0.1, 0.15) is 21.7 Å². The van der Waals surface area contributed by atoms with Crippen molar-refractivity contribution in [2.75, 3.05) is 12.4 Å². The van der Waals surface area contributed by atoms with Crippen molar-refractivity contribution in [1.29, 1.82) is 0 Å². The van der Waals surface area contributed by atoms with Crippen LogP contribution in [0.2, 0.25) is 9.36 Å². The molecule has 0 saturated heterocycles. The molecule has 1 aliphatic heterocycles. The zero-order valence-corrected chi connectivity index (χ0v) is 15.3. The van der Waals surface area contributed by atoms with Crippen LogP contribution < -0.4 is 10.6 Å². The third-order valence-electron chi connectivity index (χ3n) is 3.52. The third-order valence-corrected chi connectivity index (χ3v) is 5.13. The van der Waals surface area contributed by atoms with Gasteiger partial charge in [-0.2, -0.15) is 0 Å². The summed E-state index contributed by atoms with van der Waals surface area (Å²) >= 11 is 13.3. The van der Waals surface area contributed by atoms with E-state index < -0.39 is 6.10 Å². The highest BCUT2D eigenvalue weighted by Gasteiger charge is 2.29. The Hall–Kier alpha value is -2.09. The fraction of sp³-hybridized carbons (Fsp3) is 0.188. The molecule has 1 aliphatic rings. The number of thiophene rings is 1. The maximum atomic E-state index is 12.4. The van der Waals surface area contributed by atoms with Gasteiger partial charge in [0.25, 0.3) is 11.8 Å². The van der Waals surface area contributed by atoms with Crippen LogP contribution in [-0.4, -0.2) is 30.7 Å². The second-order valence-corrected chi connectivity index (χ2v) is 7.33. The molecule has 0 fully saturated rings. The highest BCUT2D eigenvalue weighted by molar-refractivity contribution is 7.18. The van der Waals surface area contributed by atoms with Crippen molar-refractivity contribution in [2.24, 2.45) is 5.16 Å². The number of rotatable bonds is 4. The number of benzene rings is 1. The normalized spacial score (nSPS) is 16.1. The van der Waals surface area contributed by atoms with E-state index in [1.54, 1.807) is 18.2 Å². The van der Waals surface area contributed by atoms with Gasteiger partial charge in [-0.1, -0.05) is 28.4 Å². The maximum Gasteiger partial charge on any atom is 0.268 e. The van der Waals surface area contributed by atoms with Crippen LogP contribution >= 0.6 is 34.5 Å². The summed E-state index contributed by atoms with van der Waals surface area (Å²) in [7, 11) is 1.51. The molecule has 2 aromatic rings. The second kappa shape index (κ2) is 7.43. The van der Waals surface area contributed by atoms with Crippen LogP contribution in [0.3, 0.4) is 0 Å². The van der Waals surface area contributed by atoms with Gasteiger partial charge in [0, 0.05) is 19.2 Å². The van der Waals surface area contributed by atoms with Crippen LogP contribution in [0.25, 0.3) is 0 Å². The molecule has 1 aromatic heterocycles. The molecule has 0 spiro atoms. The Morgan fingerprint density at radius 2 is 2.08 bits per heavy atom. The van der Waals surface area contributed by atoms with Gasteiger partial charge in [0.1, 0.15) is 5.71 Å². The quantitative estimate of drug-likeness (QED) is 0.827. The number of amides is 2. The lowest BCUT2D eigenvalue weighted by molar-refractivity contribution is -0.125. The first kappa shape index (κ1) is 17.7. The number of hydrogen-bond acceptors (Lipinski definition) is 5. The molecule has 25 heavy (non-hydrogen) atoms. The molecular weight excluding hydrogens is 385 g/mol. The van der Waals surface area contributed by atoms with Gasteiger partial charge in [0.2, 0.25) is 6.10 Å².